The van der Waals surface area contributed by atoms with Crippen LogP contribution in [0.2, 0.25) is 0 Å². The normalized spacial score (nSPS) is 12.2. The second-order valence-electron chi connectivity index (χ2n) is 7.88. The molecule has 0 aromatic heterocycles. The van der Waals surface area contributed by atoms with Crippen LogP contribution in [0.25, 0.3) is 0 Å². The number of nitrogens with zero attached hydrogens (tertiary/aromatic N) is 1. The van der Waals surface area contributed by atoms with Crippen LogP contribution in [0.5, 0.6) is 5.75 Å². The highest BCUT2D eigenvalue weighted by Crippen LogP contribution is 2.21. The number of aryl methyl sites for hydroxylation is 2. The standard InChI is InChI=1S/C23H31NO5S/c1-5-16-24(30(27,28)21-14-8-18(2)9-15-21)17-6-7-19-10-12-20(13-11-19)29-23(3,4)22(25)26/h8-15H,5-7,16-17H2,1-4H3,(H,25,26). The summed E-state index contributed by atoms with van der Waals surface area (Å²) >= 11 is 0. The average Bonchev–Trinajstić information content (AvgIpc) is 2.68. The monoisotopic (exact) mass is 433 g/mol. The fourth-order valence-electron chi connectivity index (χ4n) is 2.98. The number of carboxylic acids is 1. The summed E-state index contributed by atoms with van der Waals surface area (Å²) in [5.74, 6) is -0.543. The highest BCUT2D eigenvalue weighted by Gasteiger charge is 2.29. The van der Waals surface area contributed by atoms with E-state index in [-0.39, 0.29) is 0 Å². The Bertz CT molecular complexity index is 935. The van der Waals surface area contributed by atoms with Crippen LogP contribution in [-0.4, -0.2) is 42.5 Å². The van der Waals surface area contributed by atoms with Crippen molar-refractivity contribution in [3.63, 3.8) is 0 Å². The van der Waals surface area contributed by atoms with Crippen LogP contribution >= 0.6 is 0 Å². The lowest BCUT2D eigenvalue weighted by Crippen LogP contribution is -2.37. The van der Waals surface area contributed by atoms with Gasteiger partial charge in [0, 0.05) is 13.1 Å². The molecule has 0 spiro atoms. The van der Waals surface area contributed by atoms with Gasteiger partial charge in [0.05, 0.1) is 4.90 Å². The number of rotatable bonds is 11. The molecule has 2 aromatic rings. The van der Waals surface area contributed by atoms with Crippen LogP contribution in [0.1, 0.15) is 44.7 Å². The van der Waals surface area contributed by atoms with Gasteiger partial charge in [-0.2, -0.15) is 4.31 Å². The summed E-state index contributed by atoms with van der Waals surface area (Å²) in [6, 6.07) is 14.2. The largest absolute Gasteiger partial charge is 0.478 e. The van der Waals surface area contributed by atoms with Gasteiger partial charge in [-0.25, -0.2) is 13.2 Å². The van der Waals surface area contributed by atoms with Gasteiger partial charge in [0.25, 0.3) is 0 Å². The van der Waals surface area contributed by atoms with Gasteiger partial charge in [0.1, 0.15) is 5.75 Å². The Kier molecular flexibility index (Phi) is 8.03. The molecule has 0 fully saturated rings. The summed E-state index contributed by atoms with van der Waals surface area (Å²) in [6.07, 6.45) is 2.15. The van der Waals surface area contributed by atoms with E-state index in [1.54, 1.807) is 28.6 Å². The van der Waals surface area contributed by atoms with Crippen LogP contribution in [0, 0.1) is 6.92 Å². The molecule has 0 atom stereocenters. The molecule has 0 aliphatic heterocycles. The Morgan fingerprint density at radius 3 is 2.17 bits per heavy atom. The van der Waals surface area contributed by atoms with Crippen molar-refractivity contribution in [1.82, 2.24) is 4.31 Å². The van der Waals surface area contributed by atoms with Crippen molar-refractivity contribution in [2.45, 2.75) is 57.5 Å². The summed E-state index contributed by atoms with van der Waals surface area (Å²) in [7, 11) is -3.51. The average molecular weight is 434 g/mol. The Balaban J connectivity index is 1.99. The predicted molar refractivity (Wildman–Crippen MR) is 117 cm³/mol. The van der Waals surface area contributed by atoms with Crippen LogP contribution in [0.4, 0.5) is 0 Å². The van der Waals surface area contributed by atoms with Crippen molar-refractivity contribution in [1.29, 1.82) is 0 Å². The Morgan fingerprint density at radius 2 is 1.63 bits per heavy atom. The minimum absolute atomic E-state index is 0.323. The third-order valence-electron chi connectivity index (χ3n) is 4.82. The van der Waals surface area contributed by atoms with E-state index < -0.39 is 21.6 Å². The van der Waals surface area contributed by atoms with Gasteiger partial charge in [-0.3, -0.25) is 0 Å². The van der Waals surface area contributed by atoms with Gasteiger partial charge in [-0.1, -0.05) is 36.8 Å². The highest BCUT2D eigenvalue weighted by molar-refractivity contribution is 7.89. The Labute approximate surface area is 179 Å². The van der Waals surface area contributed by atoms with Gasteiger partial charge in [-0.05, 0) is 69.9 Å². The maximum Gasteiger partial charge on any atom is 0.347 e. The van der Waals surface area contributed by atoms with E-state index in [0.717, 1.165) is 17.5 Å². The van der Waals surface area contributed by atoms with Crippen molar-refractivity contribution in [3.05, 3.63) is 59.7 Å². The third kappa shape index (κ3) is 6.31. The zero-order chi connectivity index (χ0) is 22.4. The molecule has 30 heavy (non-hydrogen) atoms. The smallest absolute Gasteiger partial charge is 0.347 e. The maximum atomic E-state index is 13.0. The number of aliphatic carboxylic acids is 1. The molecule has 0 saturated carbocycles. The summed E-state index contributed by atoms with van der Waals surface area (Å²) in [4.78, 5) is 11.5. The first-order valence-electron chi connectivity index (χ1n) is 10.1. The molecule has 0 radical (unpaired) electrons. The van der Waals surface area contributed by atoms with Crippen LogP contribution < -0.4 is 4.74 Å². The molecule has 0 aliphatic carbocycles. The molecule has 0 heterocycles. The van der Waals surface area contributed by atoms with E-state index in [0.29, 0.717) is 36.6 Å². The quantitative estimate of drug-likeness (QED) is 0.572. The summed E-state index contributed by atoms with van der Waals surface area (Å²) in [6.45, 7) is 7.82. The van der Waals surface area contributed by atoms with Crippen LogP contribution in [0.15, 0.2) is 53.4 Å². The van der Waals surface area contributed by atoms with Crippen molar-refractivity contribution >= 4 is 16.0 Å². The highest BCUT2D eigenvalue weighted by atomic mass is 32.2. The fraction of sp³-hybridized carbons (Fsp3) is 0.435. The van der Waals surface area contributed by atoms with Gasteiger partial charge >= 0.3 is 5.97 Å². The lowest BCUT2D eigenvalue weighted by atomic mass is 10.1. The first-order chi connectivity index (χ1) is 14.1. The molecule has 0 bridgehead atoms. The van der Waals surface area contributed by atoms with E-state index in [9.17, 15) is 13.2 Å². The van der Waals surface area contributed by atoms with Gasteiger partial charge < -0.3 is 9.84 Å². The molecule has 1 N–H and O–H groups in total. The number of carbonyl (C=O) groups is 1. The molecule has 0 unspecified atom stereocenters. The molecule has 6 nitrogen and oxygen atoms in total. The number of benzene rings is 2. The molecule has 164 valence electrons. The summed E-state index contributed by atoms with van der Waals surface area (Å²) < 4.78 is 33.0. The molecular weight excluding hydrogens is 402 g/mol. The van der Waals surface area contributed by atoms with Gasteiger partial charge in [0.15, 0.2) is 5.60 Å². The minimum atomic E-state index is -3.51. The lowest BCUT2D eigenvalue weighted by molar-refractivity contribution is -0.152. The minimum Gasteiger partial charge on any atom is -0.478 e. The molecule has 0 amide bonds. The molecule has 7 heteroatoms. The number of hydrogen-bond acceptors (Lipinski definition) is 4. The number of ether oxygens (including phenoxy) is 1. The Morgan fingerprint density at radius 1 is 1.03 bits per heavy atom. The molecule has 2 rings (SSSR count). The summed E-state index contributed by atoms with van der Waals surface area (Å²) in [5, 5.41) is 9.15. The molecule has 0 saturated heterocycles. The second kappa shape index (κ2) is 10.1. The van der Waals surface area contributed by atoms with E-state index in [2.05, 4.69) is 0 Å². The van der Waals surface area contributed by atoms with E-state index in [4.69, 9.17) is 9.84 Å². The molecule has 2 aromatic carbocycles. The first kappa shape index (κ1) is 23.9. The van der Waals surface area contributed by atoms with E-state index >= 15 is 0 Å². The summed E-state index contributed by atoms with van der Waals surface area (Å²) in [5.41, 5.74) is 0.766. The molecular formula is C23H31NO5S. The zero-order valence-electron chi connectivity index (χ0n) is 18.1. The van der Waals surface area contributed by atoms with Gasteiger partial charge in [-0.15, -0.1) is 0 Å². The van der Waals surface area contributed by atoms with E-state index in [1.165, 1.54) is 13.8 Å². The lowest BCUT2D eigenvalue weighted by Gasteiger charge is -2.22. The van der Waals surface area contributed by atoms with Crippen molar-refractivity contribution in [3.8, 4) is 5.75 Å². The van der Waals surface area contributed by atoms with Crippen molar-refractivity contribution in [2.75, 3.05) is 13.1 Å². The second-order valence-corrected chi connectivity index (χ2v) is 9.82. The van der Waals surface area contributed by atoms with Crippen molar-refractivity contribution in [2.24, 2.45) is 0 Å². The SMILES string of the molecule is CCCN(CCCc1ccc(OC(C)(C)C(=O)O)cc1)S(=O)(=O)c1ccc(C)cc1. The van der Waals surface area contributed by atoms with Crippen molar-refractivity contribution < 1.29 is 23.1 Å². The zero-order valence-corrected chi connectivity index (χ0v) is 18.9. The topological polar surface area (TPSA) is 83.9 Å². The predicted octanol–water partition coefficient (Wildman–Crippen LogP) is 4.27. The number of hydrogen-bond donors (Lipinski definition) is 1. The first-order valence-corrected chi connectivity index (χ1v) is 11.6. The molecule has 0 aliphatic rings. The van der Waals surface area contributed by atoms with Crippen LogP contribution in [-0.2, 0) is 21.2 Å². The van der Waals surface area contributed by atoms with Crippen LogP contribution in [0.3, 0.4) is 0 Å². The fourth-order valence-corrected chi connectivity index (χ4v) is 4.55. The Hall–Kier alpha value is -2.38. The maximum absolute atomic E-state index is 13.0. The van der Waals surface area contributed by atoms with E-state index in [1.807, 2.05) is 38.1 Å². The number of sulfonamides is 1. The third-order valence-corrected chi connectivity index (χ3v) is 6.73. The number of carboxylic acid groups (broad SMARTS) is 1. The van der Waals surface area contributed by atoms with Gasteiger partial charge in [0.2, 0.25) is 10.0 Å².